The van der Waals surface area contributed by atoms with Crippen molar-refractivity contribution in [3.8, 4) is 11.5 Å². The average molecular weight is 621 g/mol. The Kier molecular flexibility index (Phi) is 12.3. The van der Waals surface area contributed by atoms with Gasteiger partial charge in [-0.1, -0.05) is 48.5 Å². The highest BCUT2D eigenvalue weighted by Crippen LogP contribution is 2.15. The Morgan fingerprint density at radius 1 is 0.543 bits per heavy atom. The molecule has 0 fully saturated rings. The smallest absolute Gasteiger partial charge is 0.251 e. The molecule has 0 radical (unpaired) electrons. The fourth-order valence-electron chi connectivity index (χ4n) is 4.57. The molecule has 46 heavy (non-hydrogen) atoms. The minimum atomic E-state index is -0.222. The highest BCUT2D eigenvalue weighted by Gasteiger charge is 2.09. The molecule has 4 rings (SSSR count). The molecule has 0 bridgehead atoms. The van der Waals surface area contributed by atoms with E-state index < -0.39 is 0 Å². The number of nitrogen functional groups attached to an aromatic ring is 2. The van der Waals surface area contributed by atoms with Crippen LogP contribution >= 0.6 is 0 Å². The summed E-state index contributed by atoms with van der Waals surface area (Å²) >= 11 is 0. The molecule has 2 amide bonds. The van der Waals surface area contributed by atoms with Gasteiger partial charge in [0, 0.05) is 35.3 Å². The Bertz CT molecular complexity index is 1510. The van der Waals surface area contributed by atoms with Gasteiger partial charge in [0.15, 0.2) is 0 Å². The number of amides is 2. The number of unbranched alkanes of at least 4 members (excludes halogenated alkanes) is 3. The lowest BCUT2D eigenvalue weighted by molar-refractivity contribution is 0.0943. The monoisotopic (exact) mass is 620 g/mol. The van der Waals surface area contributed by atoms with Crippen LogP contribution in [0.2, 0.25) is 0 Å². The average Bonchev–Trinajstić information content (AvgIpc) is 3.08. The van der Waals surface area contributed by atoms with Crippen LogP contribution in [0.4, 0.5) is 0 Å². The van der Waals surface area contributed by atoms with Crippen LogP contribution in [0.5, 0.6) is 11.5 Å². The number of rotatable bonds is 17. The maximum Gasteiger partial charge on any atom is 0.251 e. The third-order valence-corrected chi connectivity index (χ3v) is 7.20. The van der Waals surface area contributed by atoms with Crippen LogP contribution in [0.1, 0.15) is 68.7 Å². The molecule has 0 atom stereocenters. The van der Waals surface area contributed by atoms with Gasteiger partial charge in [-0.25, -0.2) is 0 Å². The summed E-state index contributed by atoms with van der Waals surface area (Å²) in [7, 11) is 0. The third kappa shape index (κ3) is 10.5. The number of nitrogens with one attached hydrogen (secondary N) is 4. The van der Waals surface area contributed by atoms with Crippen LogP contribution in [0.25, 0.3) is 0 Å². The Morgan fingerprint density at radius 2 is 0.913 bits per heavy atom. The lowest BCUT2D eigenvalue weighted by Crippen LogP contribution is -2.23. The Hall–Kier alpha value is -5.64. The van der Waals surface area contributed by atoms with Gasteiger partial charge in [0.25, 0.3) is 11.8 Å². The quantitative estimate of drug-likeness (QED) is 0.0541. The Labute approximate surface area is 269 Å². The zero-order valence-corrected chi connectivity index (χ0v) is 25.7. The molecule has 4 aromatic rings. The molecule has 0 heterocycles. The van der Waals surface area contributed by atoms with Crippen LogP contribution in [0, 0.1) is 10.8 Å². The minimum absolute atomic E-state index is 0.0733. The second-order valence-corrected chi connectivity index (χ2v) is 10.8. The van der Waals surface area contributed by atoms with Crippen molar-refractivity contribution < 1.29 is 19.1 Å². The highest BCUT2D eigenvalue weighted by atomic mass is 16.5. The van der Waals surface area contributed by atoms with Gasteiger partial charge in [-0.3, -0.25) is 20.4 Å². The van der Waals surface area contributed by atoms with Crippen molar-refractivity contribution in [3.63, 3.8) is 0 Å². The molecule has 0 aromatic heterocycles. The summed E-state index contributed by atoms with van der Waals surface area (Å²) in [6.07, 6.45) is 3.95. The van der Waals surface area contributed by atoms with Crippen molar-refractivity contribution in [2.75, 3.05) is 13.2 Å². The molecule has 0 spiro atoms. The largest absolute Gasteiger partial charge is 0.494 e. The second-order valence-electron chi connectivity index (χ2n) is 10.8. The van der Waals surface area contributed by atoms with Gasteiger partial charge in [-0.15, -0.1) is 0 Å². The van der Waals surface area contributed by atoms with E-state index in [-0.39, 0.29) is 23.5 Å². The summed E-state index contributed by atoms with van der Waals surface area (Å²) in [5, 5.41) is 20.8. The maximum atomic E-state index is 12.4. The van der Waals surface area contributed by atoms with Crippen molar-refractivity contribution in [2.24, 2.45) is 11.5 Å². The molecule has 10 nitrogen and oxygen atoms in total. The molecule has 0 saturated carbocycles. The van der Waals surface area contributed by atoms with Crippen molar-refractivity contribution in [2.45, 2.75) is 38.8 Å². The lowest BCUT2D eigenvalue weighted by Gasteiger charge is -2.10. The molecular formula is C36H40N6O4. The van der Waals surface area contributed by atoms with Crippen molar-refractivity contribution in [1.82, 2.24) is 10.6 Å². The SMILES string of the molecule is N=C(N)c1cccc(C(=O)NCc2ccc(OCCCCCCOc3ccc(CNC(=O)c4cccc(C(=N)N)c4)cc3)cc2)c1. The number of carbonyl (C=O) groups excluding carboxylic acids is 2. The number of hydrogen-bond donors (Lipinski definition) is 6. The molecule has 10 heteroatoms. The van der Waals surface area contributed by atoms with E-state index in [0.717, 1.165) is 48.3 Å². The van der Waals surface area contributed by atoms with Crippen LogP contribution in [0.3, 0.4) is 0 Å². The zero-order valence-electron chi connectivity index (χ0n) is 25.7. The summed E-state index contributed by atoms with van der Waals surface area (Å²) in [6.45, 7) is 2.02. The molecule has 0 saturated heterocycles. The first-order valence-corrected chi connectivity index (χ1v) is 15.2. The molecule has 0 aliphatic rings. The molecule has 0 aliphatic heterocycles. The summed E-state index contributed by atoms with van der Waals surface area (Å²) in [5.41, 5.74) is 14.9. The summed E-state index contributed by atoms with van der Waals surface area (Å²) in [6, 6.07) is 28.7. The summed E-state index contributed by atoms with van der Waals surface area (Å²) in [5.74, 6) is 0.989. The molecule has 238 valence electrons. The normalized spacial score (nSPS) is 10.5. The lowest BCUT2D eigenvalue weighted by atomic mass is 10.1. The van der Waals surface area contributed by atoms with Crippen LogP contribution in [0.15, 0.2) is 97.1 Å². The van der Waals surface area contributed by atoms with Crippen molar-refractivity contribution in [1.29, 1.82) is 10.8 Å². The van der Waals surface area contributed by atoms with E-state index in [1.807, 2.05) is 48.5 Å². The molecule has 0 aliphatic carbocycles. The predicted molar refractivity (Wildman–Crippen MR) is 180 cm³/mol. The first kappa shape index (κ1) is 33.3. The Balaban J connectivity index is 1.05. The van der Waals surface area contributed by atoms with E-state index >= 15 is 0 Å². The summed E-state index contributed by atoms with van der Waals surface area (Å²) in [4.78, 5) is 24.9. The van der Waals surface area contributed by atoms with Crippen molar-refractivity contribution in [3.05, 3.63) is 130 Å². The Morgan fingerprint density at radius 3 is 1.28 bits per heavy atom. The number of amidine groups is 2. The van der Waals surface area contributed by atoms with Gasteiger partial charge < -0.3 is 31.6 Å². The zero-order chi connectivity index (χ0) is 32.7. The molecule has 8 N–H and O–H groups in total. The van der Waals surface area contributed by atoms with Gasteiger partial charge >= 0.3 is 0 Å². The number of nitrogens with two attached hydrogens (primary N) is 2. The summed E-state index contributed by atoms with van der Waals surface area (Å²) < 4.78 is 11.7. The van der Waals surface area contributed by atoms with Gasteiger partial charge in [-0.05, 0) is 85.3 Å². The first-order chi connectivity index (χ1) is 22.3. The van der Waals surface area contributed by atoms with E-state index in [1.54, 1.807) is 48.5 Å². The van der Waals surface area contributed by atoms with Crippen LogP contribution in [-0.2, 0) is 13.1 Å². The fraction of sp³-hybridized carbons (Fsp3) is 0.222. The van der Waals surface area contributed by atoms with Gasteiger partial charge in [0.05, 0.1) is 13.2 Å². The number of carbonyl (C=O) groups is 2. The van der Waals surface area contributed by atoms with E-state index in [0.29, 0.717) is 48.6 Å². The molecule has 4 aromatic carbocycles. The third-order valence-electron chi connectivity index (χ3n) is 7.20. The van der Waals surface area contributed by atoms with E-state index in [9.17, 15) is 9.59 Å². The maximum absolute atomic E-state index is 12.4. The van der Waals surface area contributed by atoms with Crippen molar-refractivity contribution >= 4 is 23.5 Å². The number of ether oxygens (including phenoxy) is 2. The fourth-order valence-corrected chi connectivity index (χ4v) is 4.57. The number of benzene rings is 4. The van der Waals surface area contributed by atoms with E-state index in [1.165, 1.54) is 0 Å². The molecule has 0 unspecified atom stereocenters. The topological polar surface area (TPSA) is 176 Å². The van der Waals surface area contributed by atoms with Gasteiger partial charge in [-0.2, -0.15) is 0 Å². The molecular weight excluding hydrogens is 580 g/mol. The highest BCUT2D eigenvalue weighted by molar-refractivity contribution is 6.00. The standard InChI is InChI=1S/C36H40N6O4/c37-33(38)27-7-5-9-29(21-27)35(43)41-23-25-11-15-31(16-12-25)45-19-3-1-2-4-20-46-32-17-13-26(14-18-32)24-42-36(44)30-10-6-8-28(22-30)34(39)40/h5-18,21-22H,1-4,19-20,23-24H2,(H3,37,38)(H3,39,40)(H,41,43)(H,42,44). The van der Waals surface area contributed by atoms with E-state index in [2.05, 4.69) is 10.6 Å². The van der Waals surface area contributed by atoms with Gasteiger partial charge in [0.1, 0.15) is 23.2 Å². The van der Waals surface area contributed by atoms with E-state index in [4.69, 9.17) is 31.8 Å². The minimum Gasteiger partial charge on any atom is -0.494 e. The van der Waals surface area contributed by atoms with Gasteiger partial charge in [0.2, 0.25) is 0 Å². The predicted octanol–water partition coefficient (Wildman–Crippen LogP) is 5.13. The number of hydrogen-bond acceptors (Lipinski definition) is 6. The first-order valence-electron chi connectivity index (χ1n) is 15.2. The van der Waals surface area contributed by atoms with Crippen LogP contribution in [-0.4, -0.2) is 36.7 Å². The second kappa shape index (κ2) is 17.0. The van der Waals surface area contributed by atoms with Crippen LogP contribution < -0.4 is 31.6 Å².